The normalized spacial score (nSPS) is 20.7. The van der Waals surface area contributed by atoms with Gasteiger partial charge in [-0.05, 0) is 17.9 Å². The van der Waals surface area contributed by atoms with E-state index in [-0.39, 0.29) is 41.7 Å². The Balaban J connectivity index is 1.89. The summed E-state index contributed by atoms with van der Waals surface area (Å²) in [7, 11) is -2.93. The van der Waals surface area contributed by atoms with Gasteiger partial charge in [0.2, 0.25) is 11.8 Å². The molecule has 6 nitrogen and oxygen atoms in total. The average Bonchev–Trinajstić information content (AvgIpc) is 2.84. The monoisotopic (exact) mass is 338 g/mol. The van der Waals surface area contributed by atoms with E-state index in [1.807, 2.05) is 30.3 Å². The molecule has 1 aliphatic rings. The molecule has 1 heterocycles. The fourth-order valence-corrected chi connectivity index (χ4v) is 4.59. The van der Waals surface area contributed by atoms with Crippen molar-refractivity contribution in [3.63, 3.8) is 0 Å². The van der Waals surface area contributed by atoms with Gasteiger partial charge in [0.1, 0.15) is 0 Å². The highest BCUT2D eigenvalue weighted by atomic mass is 32.2. The molecular weight excluding hydrogens is 316 g/mol. The van der Waals surface area contributed by atoms with Gasteiger partial charge in [-0.2, -0.15) is 0 Å². The van der Waals surface area contributed by atoms with E-state index in [1.165, 1.54) is 6.92 Å². The lowest BCUT2D eigenvalue weighted by atomic mass is 10.0. The number of carbonyl (C=O) groups excluding carboxylic acids is 2. The summed E-state index contributed by atoms with van der Waals surface area (Å²) in [6.07, 6.45) is 0.722. The summed E-state index contributed by atoms with van der Waals surface area (Å²) in [5.74, 6) is -0.0713. The molecule has 2 N–H and O–H groups in total. The zero-order valence-corrected chi connectivity index (χ0v) is 13.9. The highest BCUT2D eigenvalue weighted by Gasteiger charge is 2.28. The van der Waals surface area contributed by atoms with Crippen LogP contribution in [0.4, 0.5) is 0 Å². The first-order valence-electron chi connectivity index (χ1n) is 7.65. The largest absolute Gasteiger partial charge is 0.356 e. The number of nitrogens with one attached hydrogen (secondary N) is 2. The first-order chi connectivity index (χ1) is 10.9. The molecule has 0 spiro atoms. The minimum Gasteiger partial charge on any atom is -0.356 e. The summed E-state index contributed by atoms with van der Waals surface area (Å²) in [6.45, 7) is 1.77. The number of hydrogen-bond donors (Lipinski definition) is 2. The molecule has 1 aromatic rings. The van der Waals surface area contributed by atoms with Crippen LogP contribution in [0.1, 0.15) is 31.4 Å². The van der Waals surface area contributed by atoms with Gasteiger partial charge >= 0.3 is 0 Å². The Morgan fingerprint density at radius 3 is 2.52 bits per heavy atom. The number of benzene rings is 1. The SMILES string of the molecule is CC(=O)NC(CC(=O)NCC1CCS(=O)(=O)C1)c1ccccc1. The second-order valence-corrected chi connectivity index (χ2v) is 8.17. The van der Waals surface area contributed by atoms with Gasteiger partial charge in [0.05, 0.1) is 24.0 Å². The molecule has 0 aromatic heterocycles. The molecule has 23 heavy (non-hydrogen) atoms. The minimum atomic E-state index is -2.93. The Morgan fingerprint density at radius 1 is 1.26 bits per heavy atom. The van der Waals surface area contributed by atoms with Crippen molar-refractivity contribution in [2.45, 2.75) is 25.8 Å². The van der Waals surface area contributed by atoms with Crippen molar-refractivity contribution in [1.82, 2.24) is 10.6 Å². The van der Waals surface area contributed by atoms with Crippen LogP contribution in [-0.2, 0) is 19.4 Å². The molecule has 2 amide bonds. The molecule has 2 unspecified atom stereocenters. The van der Waals surface area contributed by atoms with Crippen molar-refractivity contribution in [2.75, 3.05) is 18.1 Å². The second-order valence-electron chi connectivity index (χ2n) is 5.94. The lowest BCUT2D eigenvalue weighted by molar-refractivity contribution is -0.122. The molecule has 1 saturated heterocycles. The molecule has 7 heteroatoms. The topological polar surface area (TPSA) is 92.3 Å². The van der Waals surface area contributed by atoms with Crippen molar-refractivity contribution in [3.8, 4) is 0 Å². The molecule has 1 aromatic carbocycles. The fraction of sp³-hybridized carbons (Fsp3) is 0.500. The van der Waals surface area contributed by atoms with Crippen LogP contribution in [0.2, 0.25) is 0 Å². The van der Waals surface area contributed by atoms with Crippen LogP contribution in [-0.4, -0.2) is 38.3 Å². The van der Waals surface area contributed by atoms with E-state index < -0.39 is 9.84 Å². The molecule has 0 bridgehead atoms. The average molecular weight is 338 g/mol. The van der Waals surface area contributed by atoms with Gasteiger partial charge in [0.25, 0.3) is 0 Å². The third-order valence-corrected chi connectivity index (χ3v) is 5.72. The summed E-state index contributed by atoms with van der Waals surface area (Å²) in [6, 6.07) is 8.90. The maximum absolute atomic E-state index is 12.1. The first kappa shape index (κ1) is 17.5. The van der Waals surface area contributed by atoms with Gasteiger partial charge in [-0.15, -0.1) is 0 Å². The fourth-order valence-electron chi connectivity index (χ4n) is 2.73. The molecule has 2 rings (SSSR count). The highest BCUT2D eigenvalue weighted by Crippen LogP contribution is 2.19. The van der Waals surface area contributed by atoms with Crippen LogP contribution in [0.25, 0.3) is 0 Å². The minimum absolute atomic E-state index is 0.0140. The summed E-state index contributed by atoms with van der Waals surface area (Å²) in [5.41, 5.74) is 0.862. The summed E-state index contributed by atoms with van der Waals surface area (Å²) in [5, 5.41) is 5.55. The smallest absolute Gasteiger partial charge is 0.222 e. The summed E-state index contributed by atoms with van der Waals surface area (Å²) in [4.78, 5) is 23.5. The van der Waals surface area contributed by atoms with Crippen LogP contribution >= 0.6 is 0 Å². The molecular formula is C16H22N2O4S. The molecule has 126 valence electrons. The number of hydrogen-bond acceptors (Lipinski definition) is 4. The Kier molecular flexibility index (Phi) is 5.76. The maximum Gasteiger partial charge on any atom is 0.222 e. The van der Waals surface area contributed by atoms with Crippen LogP contribution in [0.15, 0.2) is 30.3 Å². The van der Waals surface area contributed by atoms with E-state index in [0.717, 1.165) is 5.56 Å². The predicted octanol–water partition coefficient (Wildman–Crippen LogP) is 0.805. The molecule has 0 aliphatic carbocycles. The third-order valence-electron chi connectivity index (χ3n) is 3.88. The molecule has 0 saturated carbocycles. The van der Waals surface area contributed by atoms with Crippen LogP contribution in [0, 0.1) is 5.92 Å². The van der Waals surface area contributed by atoms with Crippen molar-refractivity contribution < 1.29 is 18.0 Å². The van der Waals surface area contributed by atoms with Crippen molar-refractivity contribution >= 4 is 21.7 Å². The standard InChI is InChI=1S/C16H22N2O4S/c1-12(19)18-15(14-5-3-2-4-6-14)9-16(20)17-10-13-7-8-23(21,22)11-13/h2-6,13,15H,7-11H2,1H3,(H,17,20)(H,18,19). The van der Waals surface area contributed by atoms with Gasteiger partial charge in [-0.1, -0.05) is 30.3 Å². The Labute approximate surface area is 136 Å². The van der Waals surface area contributed by atoms with E-state index in [4.69, 9.17) is 0 Å². The van der Waals surface area contributed by atoms with Gasteiger partial charge in [-0.3, -0.25) is 9.59 Å². The van der Waals surface area contributed by atoms with Gasteiger partial charge < -0.3 is 10.6 Å². The molecule has 1 fully saturated rings. The lowest BCUT2D eigenvalue weighted by Crippen LogP contribution is -2.35. The first-order valence-corrected chi connectivity index (χ1v) is 9.47. The van der Waals surface area contributed by atoms with Gasteiger partial charge in [0, 0.05) is 13.5 Å². The van der Waals surface area contributed by atoms with Crippen LogP contribution in [0.3, 0.4) is 0 Å². The summed E-state index contributed by atoms with van der Waals surface area (Å²) >= 11 is 0. The van der Waals surface area contributed by atoms with Gasteiger partial charge in [-0.25, -0.2) is 8.42 Å². The zero-order valence-electron chi connectivity index (χ0n) is 13.1. The Morgan fingerprint density at radius 2 is 1.96 bits per heavy atom. The van der Waals surface area contributed by atoms with E-state index in [1.54, 1.807) is 0 Å². The Hall–Kier alpha value is -1.89. The quantitative estimate of drug-likeness (QED) is 0.803. The van der Waals surface area contributed by atoms with Crippen molar-refractivity contribution in [1.29, 1.82) is 0 Å². The Bertz CT molecular complexity index is 658. The van der Waals surface area contributed by atoms with Crippen molar-refractivity contribution in [3.05, 3.63) is 35.9 Å². The van der Waals surface area contributed by atoms with E-state index in [2.05, 4.69) is 10.6 Å². The van der Waals surface area contributed by atoms with Crippen LogP contribution < -0.4 is 10.6 Å². The van der Waals surface area contributed by atoms with E-state index >= 15 is 0 Å². The number of sulfone groups is 1. The van der Waals surface area contributed by atoms with Gasteiger partial charge in [0.15, 0.2) is 9.84 Å². The predicted molar refractivity (Wildman–Crippen MR) is 87.4 cm³/mol. The lowest BCUT2D eigenvalue weighted by Gasteiger charge is -2.18. The number of rotatable bonds is 6. The molecule has 1 aliphatic heterocycles. The van der Waals surface area contributed by atoms with Crippen LogP contribution in [0.5, 0.6) is 0 Å². The molecule has 0 radical (unpaired) electrons. The summed E-state index contributed by atoms with van der Waals surface area (Å²) < 4.78 is 22.8. The second kappa shape index (κ2) is 7.59. The molecule has 2 atom stereocenters. The van der Waals surface area contributed by atoms with E-state index in [0.29, 0.717) is 13.0 Å². The maximum atomic E-state index is 12.1. The van der Waals surface area contributed by atoms with Crippen molar-refractivity contribution in [2.24, 2.45) is 5.92 Å². The third kappa shape index (κ3) is 5.67. The van der Waals surface area contributed by atoms with E-state index in [9.17, 15) is 18.0 Å². The number of carbonyl (C=O) groups is 2. The zero-order chi connectivity index (χ0) is 16.9. The number of amides is 2. The highest BCUT2D eigenvalue weighted by molar-refractivity contribution is 7.91.